The largest absolute Gasteiger partial charge is 0.331 e. The maximum atomic E-state index is 12.7. The van der Waals surface area contributed by atoms with Crippen LogP contribution in [0, 0.1) is 5.82 Å². The van der Waals surface area contributed by atoms with Crippen molar-refractivity contribution in [2.45, 2.75) is 0 Å². The highest BCUT2D eigenvalue weighted by molar-refractivity contribution is 7.80. The molecule has 0 aliphatic heterocycles. The second kappa shape index (κ2) is 6.63. The minimum Gasteiger partial charge on any atom is -0.331 e. The Kier molecular flexibility index (Phi) is 4.62. The van der Waals surface area contributed by atoms with E-state index in [0.29, 0.717) is 5.56 Å². The van der Waals surface area contributed by atoms with Crippen LogP contribution >= 0.6 is 12.2 Å². The summed E-state index contributed by atoms with van der Waals surface area (Å²) >= 11 is 5.03. The van der Waals surface area contributed by atoms with Crippen LogP contribution < -0.4 is 16.2 Å². The minimum atomic E-state index is -0.401. The Bertz CT molecular complexity index is 602. The van der Waals surface area contributed by atoms with Crippen LogP contribution in [0.5, 0.6) is 0 Å². The number of nitrogens with one attached hydrogen (secondary N) is 3. The van der Waals surface area contributed by atoms with Crippen molar-refractivity contribution >= 4 is 28.9 Å². The predicted octanol–water partition coefficient (Wildman–Crippen LogP) is 2.46. The van der Waals surface area contributed by atoms with E-state index in [1.165, 1.54) is 24.3 Å². The zero-order valence-corrected chi connectivity index (χ0v) is 11.2. The number of benzene rings is 2. The van der Waals surface area contributed by atoms with Gasteiger partial charge in [0.1, 0.15) is 5.82 Å². The average Bonchev–Trinajstić information content (AvgIpc) is 2.46. The van der Waals surface area contributed by atoms with E-state index in [0.717, 1.165) is 5.69 Å². The minimum absolute atomic E-state index is 0.256. The Morgan fingerprint density at radius 3 is 2.25 bits per heavy atom. The van der Waals surface area contributed by atoms with Gasteiger partial charge in [0.25, 0.3) is 5.91 Å². The summed E-state index contributed by atoms with van der Waals surface area (Å²) in [7, 11) is 0. The van der Waals surface area contributed by atoms with Gasteiger partial charge in [-0.2, -0.15) is 0 Å². The fraction of sp³-hybridized carbons (Fsp3) is 0. The van der Waals surface area contributed by atoms with Gasteiger partial charge >= 0.3 is 0 Å². The maximum absolute atomic E-state index is 12.7. The molecule has 0 aliphatic carbocycles. The molecular weight excluding hydrogens is 277 g/mol. The Morgan fingerprint density at radius 1 is 0.950 bits per heavy atom. The lowest BCUT2D eigenvalue weighted by molar-refractivity contribution is 0.0944. The molecule has 0 radical (unpaired) electrons. The van der Waals surface area contributed by atoms with Gasteiger partial charge in [-0.15, -0.1) is 0 Å². The van der Waals surface area contributed by atoms with E-state index in [1.54, 1.807) is 0 Å². The summed E-state index contributed by atoms with van der Waals surface area (Å²) in [6.45, 7) is 0. The van der Waals surface area contributed by atoms with Gasteiger partial charge in [0.2, 0.25) is 0 Å². The van der Waals surface area contributed by atoms with E-state index in [4.69, 9.17) is 12.2 Å². The van der Waals surface area contributed by atoms with Crippen molar-refractivity contribution < 1.29 is 9.18 Å². The van der Waals surface area contributed by atoms with E-state index in [9.17, 15) is 9.18 Å². The first kappa shape index (κ1) is 14.0. The topological polar surface area (TPSA) is 53.2 Å². The lowest BCUT2D eigenvalue weighted by Crippen LogP contribution is -2.43. The van der Waals surface area contributed by atoms with E-state index in [-0.39, 0.29) is 5.11 Å². The molecule has 0 aliphatic rings. The molecule has 0 fully saturated rings. The van der Waals surface area contributed by atoms with Gasteiger partial charge in [0, 0.05) is 11.3 Å². The third kappa shape index (κ3) is 4.03. The number of hydrogen-bond acceptors (Lipinski definition) is 2. The molecule has 102 valence electrons. The number of anilines is 1. The molecule has 6 heteroatoms. The number of carbonyl (C=O) groups excluding carboxylic acids is 1. The average molecular weight is 289 g/mol. The molecule has 2 aromatic carbocycles. The number of thiocarbonyl (C=S) groups is 1. The molecule has 0 aromatic heterocycles. The standard InChI is InChI=1S/C14H12FN3OS/c15-11-8-6-10(7-9-11)13(19)17-18-14(20)16-12-4-2-1-3-5-12/h1-9H,(H,17,19)(H2,16,18,20). The van der Waals surface area contributed by atoms with Crippen LogP contribution in [0.3, 0.4) is 0 Å². The van der Waals surface area contributed by atoms with E-state index >= 15 is 0 Å². The number of para-hydroxylation sites is 1. The summed E-state index contributed by atoms with van der Waals surface area (Å²) in [5.74, 6) is -0.794. The van der Waals surface area contributed by atoms with Gasteiger partial charge in [-0.25, -0.2) is 4.39 Å². The van der Waals surface area contributed by atoms with Crippen LogP contribution in [0.2, 0.25) is 0 Å². The van der Waals surface area contributed by atoms with E-state index < -0.39 is 11.7 Å². The van der Waals surface area contributed by atoms with E-state index in [2.05, 4.69) is 16.2 Å². The van der Waals surface area contributed by atoms with Crippen LogP contribution in [-0.2, 0) is 0 Å². The van der Waals surface area contributed by atoms with Gasteiger partial charge in [-0.3, -0.25) is 15.6 Å². The van der Waals surface area contributed by atoms with Crippen LogP contribution in [0.4, 0.5) is 10.1 Å². The number of halogens is 1. The zero-order chi connectivity index (χ0) is 14.4. The van der Waals surface area contributed by atoms with Gasteiger partial charge in [0.15, 0.2) is 5.11 Å². The number of carbonyl (C=O) groups is 1. The monoisotopic (exact) mass is 289 g/mol. The second-order valence-corrected chi connectivity index (χ2v) is 4.31. The van der Waals surface area contributed by atoms with Crippen molar-refractivity contribution in [1.82, 2.24) is 10.9 Å². The molecule has 3 N–H and O–H groups in total. The molecule has 0 saturated carbocycles. The fourth-order valence-corrected chi connectivity index (χ4v) is 1.64. The third-order valence-electron chi connectivity index (χ3n) is 2.43. The first-order chi connectivity index (χ1) is 9.65. The van der Waals surface area contributed by atoms with Gasteiger partial charge in [-0.1, -0.05) is 18.2 Å². The highest BCUT2D eigenvalue weighted by Gasteiger charge is 2.05. The maximum Gasteiger partial charge on any atom is 0.269 e. The molecule has 20 heavy (non-hydrogen) atoms. The summed E-state index contributed by atoms with van der Waals surface area (Å²) < 4.78 is 12.7. The second-order valence-electron chi connectivity index (χ2n) is 3.91. The number of hydrazine groups is 1. The van der Waals surface area contributed by atoms with Crippen molar-refractivity contribution in [3.63, 3.8) is 0 Å². The van der Waals surface area contributed by atoms with Crippen molar-refractivity contribution in [3.05, 3.63) is 66.0 Å². The smallest absolute Gasteiger partial charge is 0.269 e. The number of rotatable bonds is 2. The van der Waals surface area contributed by atoms with Crippen molar-refractivity contribution in [2.75, 3.05) is 5.32 Å². The summed E-state index contributed by atoms with van der Waals surface area (Å²) in [6.07, 6.45) is 0. The molecule has 0 heterocycles. The molecule has 0 atom stereocenters. The molecule has 0 unspecified atom stereocenters. The highest BCUT2D eigenvalue weighted by atomic mass is 32.1. The van der Waals surface area contributed by atoms with Crippen LogP contribution in [-0.4, -0.2) is 11.0 Å². The Hall–Kier alpha value is -2.47. The summed E-state index contributed by atoms with van der Waals surface area (Å²) in [5, 5.41) is 3.16. The van der Waals surface area contributed by atoms with Gasteiger partial charge < -0.3 is 5.32 Å². The lowest BCUT2D eigenvalue weighted by Gasteiger charge is -2.11. The summed E-state index contributed by atoms with van der Waals surface area (Å²) in [4.78, 5) is 11.7. The molecule has 0 bridgehead atoms. The predicted molar refractivity (Wildman–Crippen MR) is 79.7 cm³/mol. The third-order valence-corrected chi connectivity index (χ3v) is 2.63. The van der Waals surface area contributed by atoms with Crippen molar-refractivity contribution in [2.24, 2.45) is 0 Å². The lowest BCUT2D eigenvalue weighted by atomic mass is 10.2. The SMILES string of the molecule is O=C(NNC(=S)Nc1ccccc1)c1ccc(F)cc1. The number of amides is 1. The van der Waals surface area contributed by atoms with Gasteiger partial charge in [0.05, 0.1) is 0 Å². The molecule has 2 aromatic rings. The molecule has 0 saturated heterocycles. The Labute approximate surface area is 121 Å². The zero-order valence-electron chi connectivity index (χ0n) is 10.4. The summed E-state index contributed by atoms with van der Waals surface area (Å²) in [5.41, 5.74) is 6.14. The van der Waals surface area contributed by atoms with Crippen LogP contribution in [0.25, 0.3) is 0 Å². The fourth-order valence-electron chi connectivity index (χ4n) is 1.47. The quantitative estimate of drug-likeness (QED) is 0.587. The molecule has 0 spiro atoms. The molecule has 2 rings (SSSR count). The van der Waals surface area contributed by atoms with Crippen LogP contribution in [0.1, 0.15) is 10.4 Å². The van der Waals surface area contributed by atoms with Gasteiger partial charge in [-0.05, 0) is 48.6 Å². The van der Waals surface area contributed by atoms with E-state index in [1.807, 2.05) is 30.3 Å². The molecule has 1 amide bonds. The molecule has 4 nitrogen and oxygen atoms in total. The Morgan fingerprint density at radius 2 is 1.60 bits per heavy atom. The first-order valence-electron chi connectivity index (χ1n) is 5.83. The first-order valence-corrected chi connectivity index (χ1v) is 6.24. The van der Waals surface area contributed by atoms with Crippen molar-refractivity contribution in [1.29, 1.82) is 0 Å². The highest BCUT2D eigenvalue weighted by Crippen LogP contribution is 2.04. The summed E-state index contributed by atoms with van der Waals surface area (Å²) in [6, 6.07) is 14.5. The van der Waals surface area contributed by atoms with Crippen molar-refractivity contribution in [3.8, 4) is 0 Å². The molecular formula is C14H12FN3OS. The number of hydrogen-bond donors (Lipinski definition) is 3. The Balaban J connectivity index is 1.84. The normalized spacial score (nSPS) is 9.65. The van der Waals surface area contributed by atoms with Crippen LogP contribution in [0.15, 0.2) is 54.6 Å².